The lowest BCUT2D eigenvalue weighted by molar-refractivity contribution is 0.437. The van der Waals surface area contributed by atoms with E-state index in [4.69, 9.17) is 45.1 Å². The molecule has 2 heterocycles. The van der Waals surface area contributed by atoms with E-state index in [0.717, 1.165) is 4.88 Å². The van der Waals surface area contributed by atoms with Crippen LogP contribution in [0.25, 0.3) is 21.8 Å². The molecule has 0 saturated carbocycles. The molecule has 3 aromatic rings. The van der Waals surface area contributed by atoms with Crippen molar-refractivity contribution < 1.29 is 4.52 Å². The average Bonchev–Trinajstić information content (AvgIpc) is 2.96. The Balaban J connectivity index is 2.21. The topological polar surface area (TPSA) is 52.0 Å². The van der Waals surface area contributed by atoms with Gasteiger partial charge in [0.25, 0.3) is 0 Å². The first-order chi connectivity index (χ1) is 9.56. The molecule has 3 nitrogen and oxygen atoms in total. The molecule has 20 heavy (non-hydrogen) atoms. The minimum absolute atomic E-state index is 0.272. The molecular formula is C13H7Cl3N2OS. The summed E-state index contributed by atoms with van der Waals surface area (Å²) in [5, 5.41) is 4.85. The van der Waals surface area contributed by atoms with Gasteiger partial charge in [-0.1, -0.05) is 46.0 Å². The number of rotatable bonds is 2. The van der Waals surface area contributed by atoms with Gasteiger partial charge in [-0.3, -0.25) is 0 Å². The molecule has 0 fully saturated rings. The van der Waals surface area contributed by atoms with Gasteiger partial charge in [-0.2, -0.15) is 0 Å². The number of aromatic nitrogens is 1. The molecule has 0 unspecified atom stereocenters. The van der Waals surface area contributed by atoms with Gasteiger partial charge in [-0.25, -0.2) is 0 Å². The maximum Gasteiger partial charge on any atom is 0.186 e. The second kappa shape index (κ2) is 5.30. The van der Waals surface area contributed by atoms with E-state index in [1.54, 1.807) is 24.3 Å². The lowest BCUT2D eigenvalue weighted by atomic mass is 10.1. The summed E-state index contributed by atoms with van der Waals surface area (Å²) >= 11 is 19.5. The van der Waals surface area contributed by atoms with Crippen molar-refractivity contribution in [3.63, 3.8) is 0 Å². The first-order valence-corrected chi connectivity index (χ1v) is 7.47. The van der Waals surface area contributed by atoms with Crippen molar-refractivity contribution in [2.45, 2.75) is 0 Å². The second-order valence-corrected chi connectivity index (χ2v) is 6.56. The smallest absolute Gasteiger partial charge is 0.186 e. The van der Waals surface area contributed by atoms with E-state index in [0.29, 0.717) is 31.3 Å². The zero-order valence-electron chi connectivity index (χ0n) is 9.86. The van der Waals surface area contributed by atoms with E-state index in [9.17, 15) is 0 Å². The van der Waals surface area contributed by atoms with Gasteiger partial charge in [0.05, 0.1) is 19.8 Å². The van der Waals surface area contributed by atoms with Crippen molar-refractivity contribution in [2.24, 2.45) is 0 Å². The van der Waals surface area contributed by atoms with E-state index in [2.05, 4.69) is 5.16 Å². The summed E-state index contributed by atoms with van der Waals surface area (Å²) in [6.45, 7) is 0. The molecule has 7 heteroatoms. The fourth-order valence-corrected chi connectivity index (χ4v) is 3.39. The van der Waals surface area contributed by atoms with Crippen molar-refractivity contribution in [3.05, 3.63) is 44.7 Å². The van der Waals surface area contributed by atoms with Crippen LogP contribution in [-0.2, 0) is 0 Å². The number of nitrogens with two attached hydrogens (primary N) is 1. The number of halogens is 3. The normalized spacial score (nSPS) is 10.9. The molecule has 2 aromatic heterocycles. The predicted octanol–water partition coefficient (Wildman–Crippen LogP) is 5.61. The molecule has 0 saturated heterocycles. The van der Waals surface area contributed by atoms with Crippen LogP contribution in [0.1, 0.15) is 0 Å². The Bertz CT molecular complexity index is 782. The summed E-state index contributed by atoms with van der Waals surface area (Å²) < 4.78 is 5.98. The molecule has 3 rings (SSSR count). The van der Waals surface area contributed by atoms with E-state index in [1.165, 1.54) is 11.3 Å². The number of anilines is 1. The number of nitrogen functional groups attached to an aromatic ring is 1. The van der Waals surface area contributed by atoms with Crippen molar-refractivity contribution in [1.29, 1.82) is 0 Å². The van der Waals surface area contributed by atoms with Crippen LogP contribution in [0.15, 0.2) is 34.9 Å². The molecular weight excluding hydrogens is 339 g/mol. The summed E-state index contributed by atoms with van der Waals surface area (Å²) in [6.07, 6.45) is 0. The highest BCUT2D eigenvalue weighted by Gasteiger charge is 2.21. The Kier molecular flexibility index (Phi) is 3.65. The quantitative estimate of drug-likeness (QED) is 0.656. The van der Waals surface area contributed by atoms with Crippen molar-refractivity contribution in [3.8, 4) is 21.8 Å². The van der Waals surface area contributed by atoms with Gasteiger partial charge in [0.1, 0.15) is 0 Å². The van der Waals surface area contributed by atoms with Crippen LogP contribution in [0.3, 0.4) is 0 Å². The molecule has 1 aromatic carbocycles. The molecule has 0 aliphatic carbocycles. The minimum Gasteiger partial charge on any atom is -0.380 e. The lowest BCUT2D eigenvalue weighted by Gasteiger charge is -2.04. The third kappa shape index (κ3) is 2.40. The van der Waals surface area contributed by atoms with Gasteiger partial charge in [0.2, 0.25) is 0 Å². The number of hydrogen-bond donors (Lipinski definition) is 1. The van der Waals surface area contributed by atoms with Gasteiger partial charge in [0.15, 0.2) is 11.6 Å². The summed E-state index contributed by atoms with van der Waals surface area (Å²) in [5.41, 5.74) is 7.26. The zero-order valence-corrected chi connectivity index (χ0v) is 12.9. The van der Waals surface area contributed by atoms with Crippen LogP contribution in [0, 0.1) is 0 Å². The highest BCUT2D eigenvalue weighted by Crippen LogP contribution is 2.43. The number of benzene rings is 1. The molecule has 0 aliphatic heterocycles. The Hall–Kier alpha value is -1.20. The first-order valence-electron chi connectivity index (χ1n) is 5.52. The Morgan fingerprint density at radius 2 is 1.90 bits per heavy atom. The minimum atomic E-state index is 0.272. The summed E-state index contributed by atoms with van der Waals surface area (Å²) in [5.74, 6) is 0.817. The monoisotopic (exact) mass is 344 g/mol. The maximum atomic E-state index is 6.23. The van der Waals surface area contributed by atoms with Crippen LogP contribution in [0.2, 0.25) is 14.4 Å². The van der Waals surface area contributed by atoms with Gasteiger partial charge >= 0.3 is 0 Å². The van der Waals surface area contributed by atoms with Crippen molar-refractivity contribution in [2.75, 3.05) is 5.73 Å². The number of nitrogens with zero attached hydrogens (tertiary/aromatic N) is 1. The Labute approximate surface area is 133 Å². The van der Waals surface area contributed by atoms with E-state index in [-0.39, 0.29) is 5.82 Å². The Morgan fingerprint density at radius 1 is 1.10 bits per heavy atom. The fraction of sp³-hybridized carbons (Fsp3) is 0. The largest absolute Gasteiger partial charge is 0.380 e. The molecule has 0 amide bonds. The third-order valence-electron chi connectivity index (χ3n) is 2.72. The van der Waals surface area contributed by atoms with Crippen LogP contribution in [-0.4, -0.2) is 5.16 Å². The summed E-state index contributed by atoms with van der Waals surface area (Å²) in [4.78, 5) is 0.834. The standard InChI is InChI=1S/C13H7Cl3N2OS/c14-6-1-2-7(8(15)5-6)11-12(19-18-13(11)17)9-3-4-10(16)20-9/h1-5H,(H2,17,18). The highest BCUT2D eigenvalue weighted by atomic mass is 35.5. The number of thiophene rings is 1. The van der Waals surface area contributed by atoms with E-state index < -0.39 is 0 Å². The molecule has 2 N–H and O–H groups in total. The number of hydrogen-bond acceptors (Lipinski definition) is 4. The predicted molar refractivity (Wildman–Crippen MR) is 84.7 cm³/mol. The summed E-state index contributed by atoms with van der Waals surface area (Å²) in [7, 11) is 0. The second-order valence-electron chi connectivity index (χ2n) is 4.00. The van der Waals surface area contributed by atoms with Crippen molar-refractivity contribution >= 4 is 52.0 Å². The molecule has 0 radical (unpaired) electrons. The molecule has 0 spiro atoms. The molecule has 0 aliphatic rings. The zero-order chi connectivity index (χ0) is 14.3. The van der Waals surface area contributed by atoms with Crippen molar-refractivity contribution in [1.82, 2.24) is 5.16 Å². The third-order valence-corrected chi connectivity index (χ3v) is 4.49. The van der Waals surface area contributed by atoms with E-state index in [1.807, 2.05) is 6.07 Å². The SMILES string of the molecule is Nc1noc(-c2ccc(Cl)s2)c1-c1ccc(Cl)cc1Cl. The van der Waals surface area contributed by atoms with Gasteiger partial charge in [-0.15, -0.1) is 11.3 Å². The van der Waals surface area contributed by atoms with E-state index >= 15 is 0 Å². The molecule has 102 valence electrons. The van der Waals surface area contributed by atoms with Crippen LogP contribution in [0.5, 0.6) is 0 Å². The van der Waals surface area contributed by atoms with Crippen LogP contribution < -0.4 is 5.73 Å². The fourth-order valence-electron chi connectivity index (χ4n) is 1.86. The molecule has 0 atom stereocenters. The van der Waals surface area contributed by atoms with Gasteiger partial charge < -0.3 is 10.3 Å². The van der Waals surface area contributed by atoms with Crippen LogP contribution >= 0.6 is 46.1 Å². The Morgan fingerprint density at radius 3 is 2.55 bits per heavy atom. The van der Waals surface area contributed by atoms with Gasteiger partial charge in [0, 0.05) is 10.6 Å². The average molecular weight is 346 g/mol. The summed E-state index contributed by atoms with van der Waals surface area (Å²) in [6, 6.07) is 8.80. The first kappa shape index (κ1) is 13.8. The maximum absolute atomic E-state index is 6.23. The van der Waals surface area contributed by atoms with Gasteiger partial charge in [-0.05, 0) is 24.3 Å². The highest BCUT2D eigenvalue weighted by molar-refractivity contribution is 7.19. The van der Waals surface area contributed by atoms with Crippen LogP contribution in [0.4, 0.5) is 5.82 Å². The molecule has 0 bridgehead atoms. The lowest BCUT2D eigenvalue weighted by Crippen LogP contribution is -1.89.